The number of hydrogen-bond acceptors (Lipinski definition) is 1. The Morgan fingerprint density at radius 2 is 1.21 bits per heavy atom. The molecule has 3 aromatic heterocycles. The minimum absolute atomic E-state index is 0.952. The van der Waals surface area contributed by atoms with Crippen LogP contribution >= 0.6 is 0 Å². The first-order valence-electron chi connectivity index (χ1n) is 11.5. The molecule has 7 aromatic rings. The van der Waals surface area contributed by atoms with Crippen molar-refractivity contribution < 1.29 is 0 Å². The third-order valence-corrected chi connectivity index (χ3v) is 6.53. The number of fused-ring (bicyclic) bond motifs is 5. The predicted molar refractivity (Wildman–Crippen MR) is 140 cm³/mol. The quantitative estimate of drug-likeness (QED) is 0.278. The zero-order valence-electron chi connectivity index (χ0n) is 18.5. The van der Waals surface area contributed by atoms with Crippen LogP contribution in [0.4, 0.5) is 0 Å². The number of imidazole rings is 1. The van der Waals surface area contributed by atoms with Crippen molar-refractivity contribution >= 4 is 27.6 Å². The molecule has 34 heavy (non-hydrogen) atoms. The van der Waals surface area contributed by atoms with Crippen molar-refractivity contribution in [1.82, 2.24) is 14.0 Å². The largest absolute Gasteiger partial charge is 0.306 e. The van der Waals surface area contributed by atoms with Crippen molar-refractivity contribution in [1.29, 1.82) is 0 Å². The summed E-state index contributed by atoms with van der Waals surface area (Å²) in [7, 11) is 0. The smallest absolute Gasteiger partial charge is 0.137 e. The maximum Gasteiger partial charge on any atom is 0.137 e. The highest BCUT2D eigenvalue weighted by molar-refractivity contribution is 6.15. The molecule has 0 amide bonds. The van der Waals surface area contributed by atoms with E-state index in [1.165, 1.54) is 27.8 Å². The molecule has 0 aliphatic carbocycles. The van der Waals surface area contributed by atoms with Gasteiger partial charge < -0.3 is 4.57 Å². The number of rotatable bonds is 3. The third-order valence-electron chi connectivity index (χ3n) is 6.53. The van der Waals surface area contributed by atoms with Crippen LogP contribution in [0.25, 0.3) is 55.7 Å². The van der Waals surface area contributed by atoms with E-state index in [2.05, 4.69) is 130 Å². The summed E-state index contributed by atoms with van der Waals surface area (Å²) in [4.78, 5) is 5.11. The van der Waals surface area contributed by atoms with Crippen LogP contribution in [0.2, 0.25) is 0 Å². The summed E-state index contributed by atoms with van der Waals surface area (Å²) in [5.74, 6) is 0. The molecule has 4 aromatic carbocycles. The van der Waals surface area contributed by atoms with Gasteiger partial charge in [0.05, 0.1) is 16.7 Å². The van der Waals surface area contributed by atoms with Gasteiger partial charge in [-0.15, -0.1) is 0 Å². The molecule has 0 spiro atoms. The van der Waals surface area contributed by atoms with Gasteiger partial charge in [-0.3, -0.25) is 4.40 Å². The van der Waals surface area contributed by atoms with E-state index in [-0.39, 0.29) is 0 Å². The molecule has 0 fully saturated rings. The Balaban J connectivity index is 1.75. The van der Waals surface area contributed by atoms with Gasteiger partial charge in [-0.2, -0.15) is 0 Å². The Bertz CT molecular complexity index is 1780. The Labute approximate surface area is 197 Å². The predicted octanol–water partition coefficient (Wildman–Crippen LogP) is 7.77. The van der Waals surface area contributed by atoms with Gasteiger partial charge in [0.25, 0.3) is 0 Å². The Morgan fingerprint density at radius 1 is 0.559 bits per heavy atom. The molecule has 0 radical (unpaired) electrons. The first kappa shape index (κ1) is 18.9. The maximum absolute atomic E-state index is 5.11. The normalized spacial score (nSPS) is 11.5. The van der Waals surface area contributed by atoms with Crippen molar-refractivity contribution in [2.75, 3.05) is 0 Å². The number of nitrogens with zero attached hydrogens (tertiary/aromatic N) is 3. The number of para-hydroxylation sites is 1. The molecule has 0 aliphatic rings. The summed E-state index contributed by atoms with van der Waals surface area (Å²) in [5.41, 5.74) is 10.1. The second kappa shape index (κ2) is 7.46. The summed E-state index contributed by atoms with van der Waals surface area (Å²) in [6.07, 6.45) is 2.09. The van der Waals surface area contributed by atoms with Crippen LogP contribution in [0.1, 0.15) is 0 Å². The Hall–Kier alpha value is -4.63. The van der Waals surface area contributed by atoms with Gasteiger partial charge in [0.15, 0.2) is 0 Å². The lowest BCUT2D eigenvalue weighted by Gasteiger charge is -2.13. The molecule has 0 aliphatic heterocycles. The first-order chi connectivity index (χ1) is 16.9. The molecule has 3 heterocycles. The standard InChI is InChI=1S/C31H21N3/c1-4-12-22(13-5-1)28-25-19-20-26-29(32-27-18-10-11-21-33(26)27)31(25)34(24-16-8-3-9-17-24)30(28)23-14-6-2-7-15-23/h1-21H. The van der Waals surface area contributed by atoms with Crippen LogP contribution in [0.15, 0.2) is 128 Å². The average molecular weight is 436 g/mol. The van der Waals surface area contributed by atoms with Gasteiger partial charge in [0.1, 0.15) is 11.2 Å². The van der Waals surface area contributed by atoms with E-state index >= 15 is 0 Å². The zero-order chi connectivity index (χ0) is 22.5. The Kier molecular flexibility index (Phi) is 4.15. The van der Waals surface area contributed by atoms with Crippen LogP contribution in [0.3, 0.4) is 0 Å². The number of aromatic nitrogens is 3. The lowest BCUT2D eigenvalue weighted by atomic mass is 9.98. The number of benzene rings is 4. The van der Waals surface area contributed by atoms with Gasteiger partial charge in [0, 0.05) is 22.8 Å². The second-order valence-corrected chi connectivity index (χ2v) is 8.50. The van der Waals surface area contributed by atoms with Crippen molar-refractivity contribution in [3.8, 4) is 28.1 Å². The van der Waals surface area contributed by atoms with E-state index < -0.39 is 0 Å². The average Bonchev–Trinajstić information content (AvgIpc) is 3.46. The molecule has 0 N–H and O–H groups in total. The molecular weight excluding hydrogens is 414 g/mol. The number of pyridine rings is 1. The summed E-state index contributed by atoms with van der Waals surface area (Å²) in [5, 5.41) is 1.20. The van der Waals surface area contributed by atoms with Gasteiger partial charge in [-0.05, 0) is 47.5 Å². The van der Waals surface area contributed by atoms with Crippen LogP contribution in [-0.4, -0.2) is 14.0 Å². The van der Waals surface area contributed by atoms with Crippen LogP contribution in [-0.2, 0) is 0 Å². The zero-order valence-corrected chi connectivity index (χ0v) is 18.5. The van der Waals surface area contributed by atoms with Gasteiger partial charge in [-0.25, -0.2) is 4.98 Å². The summed E-state index contributed by atoms with van der Waals surface area (Å²) >= 11 is 0. The maximum atomic E-state index is 5.11. The minimum Gasteiger partial charge on any atom is -0.306 e. The highest BCUT2D eigenvalue weighted by atomic mass is 15.0. The Morgan fingerprint density at radius 3 is 1.94 bits per heavy atom. The fraction of sp³-hybridized carbons (Fsp3) is 0. The fourth-order valence-electron chi connectivity index (χ4n) is 5.10. The topological polar surface area (TPSA) is 22.2 Å². The summed E-state index contributed by atoms with van der Waals surface area (Å²) in [6, 6.07) is 42.6. The first-order valence-corrected chi connectivity index (χ1v) is 11.5. The highest BCUT2D eigenvalue weighted by Crippen LogP contribution is 2.44. The lowest BCUT2D eigenvalue weighted by molar-refractivity contribution is 1.14. The van der Waals surface area contributed by atoms with Gasteiger partial charge in [-0.1, -0.05) is 84.9 Å². The molecule has 3 nitrogen and oxygen atoms in total. The van der Waals surface area contributed by atoms with Crippen LogP contribution in [0, 0.1) is 0 Å². The van der Waals surface area contributed by atoms with Crippen LogP contribution < -0.4 is 0 Å². The fourth-order valence-corrected chi connectivity index (χ4v) is 5.10. The molecule has 3 heteroatoms. The molecule has 160 valence electrons. The number of hydrogen-bond donors (Lipinski definition) is 0. The summed E-state index contributed by atoms with van der Waals surface area (Å²) in [6.45, 7) is 0. The van der Waals surface area contributed by atoms with Crippen molar-refractivity contribution in [3.05, 3.63) is 128 Å². The minimum atomic E-state index is 0.952. The SMILES string of the molecule is c1ccc(-c2c(-c3ccccc3)n(-c3ccccc3)c3c2ccc2c3nc3ccccn32)cc1. The van der Waals surface area contributed by atoms with E-state index in [1.54, 1.807) is 0 Å². The van der Waals surface area contributed by atoms with E-state index in [0.717, 1.165) is 27.9 Å². The van der Waals surface area contributed by atoms with Gasteiger partial charge >= 0.3 is 0 Å². The lowest BCUT2D eigenvalue weighted by Crippen LogP contribution is -1.98. The van der Waals surface area contributed by atoms with E-state index in [1.807, 2.05) is 6.07 Å². The molecule has 0 unspecified atom stereocenters. The highest BCUT2D eigenvalue weighted by Gasteiger charge is 2.24. The molecule has 0 bridgehead atoms. The monoisotopic (exact) mass is 435 g/mol. The summed E-state index contributed by atoms with van der Waals surface area (Å²) < 4.78 is 4.56. The molecule has 7 rings (SSSR count). The van der Waals surface area contributed by atoms with E-state index in [0.29, 0.717) is 0 Å². The molecular formula is C31H21N3. The van der Waals surface area contributed by atoms with E-state index in [9.17, 15) is 0 Å². The molecule has 0 saturated heterocycles. The third kappa shape index (κ3) is 2.74. The van der Waals surface area contributed by atoms with Gasteiger partial charge in [0.2, 0.25) is 0 Å². The second-order valence-electron chi connectivity index (χ2n) is 8.50. The van der Waals surface area contributed by atoms with Crippen LogP contribution in [0.5, 0.6) is 0 Å². The van der Waals surface area contributed by atoms with Crippen molar-refractivity contribution in [3.63, 3.8) is 0 Å². The van der Waals surface area contributed by atoms with E-state index in [4.69, 9.17) is 4.98 Å². The molecule has 0 saturated carbocycles. The van der Waals surface area contributed by atoms with Crippen molar-refractivity contribution in [2.24, 2.45) is 0 Å². The van der Waals surface area contributed by atoms with Crippen molar-refractivity contribution in [2.45, 2.75) is 0 Å². The molecule has 0 atom stereocenters.